The third-order valence-corrected chi connectivity index (χ3v) is 7.06. The van der Waals surface area contributed by atoms with Crippen LogP contribution in [0.2, 0.25) is 5.02 Å². The Kier molecular flexibility index (Phi) is 5.11. The van der Waals surface area contributed by atoms with Gasteiger partial charge in [0.1, 0.15) is 11.9 Å². The fraction of sp³-hybridized carbons (Fsp3) is 0.458. The molecule has 0 aromatic heterocycles. The zero-order chi connectivity index (χ0) is 20.7. The lowest BCUT2D eigenvalue weighted by Gasteiger charge is -2.44. The smallest absolute Gasteiger partial charge is 0.408 e. The molecule has 0 saturated carbocycles. The zero-order valence-corrected chi connectivity index (χ0v) is 18.0. The molecule has 2 aromatic rings. The number of ether oxygens (including phenoxy) is 2. The van der Waals surface area contributed by atoms with Crippen molar-refractivity contribution in [3.05, 3.63) is 53.1 Å². The van der Waals surface area contributed by atoms with Gasteiger partial charge in [-0.2, -0.15) is 0 Å². The standard InChI is InChI=1S/C24H27ClN2O3/c1-24(26-23(28)30-22-15-27-10-7-16(22)8-11-27)9-12-29-21-14-18(5-6-20(21)24)17-3-2-4-19(25)13-17/h2-6,13-14,16,22H,7-12,15H2,1H3,(H,26,28)/t22-,24?/m0/s1. The van der Waals surface area contributed by atoms with Crippen molar-refractivity contribution in [1.29, 1.82) is 0 Å². The van der Waals surface area contributed by atoms with Crippen LogP contribution >= 0.6 is 11.6 Å². The molecule has 2 bridgehead atoms. The third kappa shape index (κ3) is 3.77. The predicted molar refractivity (Wildman–Crippen MR) is 117 cm³/mol. The Balaban J connectivity index is 1.33. The van der Waals surface area contributed by atoms with E-state index in [1.807, 2.05) is 43.3 Å². The molecule has 0 spiro atoms. The molecule has 3 fully saturated rings. The summed E-state index contributed by atoms with van der Waals surface area (Å²) in [6, 6.07) is 13.9. The molecule has 4 aliphatic rings. The first-order valence-electron chi connectivity index (χ1n) is 10.7. The minimum Gasteiger partial charge on any atom is -0.493 e. The maximum Gasteiger partial charge on any atom is 0.408 e. The van der Waals surface area contributed by atoms with Crippen molar-refractivity contribution in [2.45, 2.75) is 37.8 Å². The number of halogens is 1. The number of nitrogens with one attached hydrogen (secondary N) is 1. The van der Waals surface area contributed by atoms with Crippen LogP contribution in [0.5, 0.6) is 5.75 Å². The van der Waals surface area contributed by atoms with E-state index < -0.39 is 5.54 Å². The highest BCUT2D eigenvalue weighted by atomic mass is 35.5. The van der Waals surface area contributed by atoms with Gasteiger partial charge < -0.3 is 14.8 Å². The van der Waals surface area contributed by atoms with Crippen molar-refractivity contribution in [2.24, 2.45) is 5.92 Å². The largest absolute Gasteiger partial charge is 0.493 e. The van der Waals surface area contributed by atoms with E-state index in [2.05, 4.69) is 16.3 Å². The fourth-order valence-corrected chi connectivity index (χ4v) is 5.20. The van der Waals surface area contributed by atoms with Gasteiger partial charge in [-0.1, -0.05) is 35.9 Å². The summed E-state index contributed by atoms with van der Waals surface area (Å²) >= 11 is 6.15. The van der Waals surface area contributed by atoms with Crippen LogP contribution in [0.4, 0.5) is 4.79 Å². The molecule has 158 valence electrons. The van der Waals surface area contributed by atoms with E-state index in [0.717, 1.165) is 54.9 Å². The molecule has 2 aromatic carbocycles. The Morgan fingerprint density at radius 1 is 1.20 bits per heavy atom. The molecular weight excluding hydrogens is 400 g/mol. The second-order valence-electron chi connectivity index (χ2n) is 8.86. The highest BCUT2D eigenvalue weighted by Gasteiger charge is 2.39. The summed E-state index contributed by atoms with van der Waals surface area (Å²) in [5.74, 6) is 1.29. The molecule has 4 heterocycles. The molecule has 2 atom stereocenters. The molecule has 1 unspecified atom stereocenters. The van der Waals surface area contributed by atoms with Crippen LogP contribution in [0.3, 0.4) is 0 Å². The SMILES string of the molecule is CC1(NC(=O)O[C@H]2CN3CCC2CC3)CCOc2cc(-c3cccc(Cl)c3)ccc21. The summed E-state index contributed by atoms with van der Waals surface area (Å²) in [6.45, 7) is 5.71. The number of hydrogen-bond acceptors (Lipinski definition) is 4. The number of amides is 1. The minimum absolute atomic E-state index is 0.000570. The number of carbonyl (C=O) groups excluding carboxylic acids is 1. The average molecular weight is 427 g/mol. The Labute approximate surface area is 182 Å². The summed E-state index contributed by atoms with van der Waals surface area (Å²) < 4.78 is 11.8. The second kappa shape index (κ2) is 7.78. The number of nitrogens with zero attached hydrogens (tertiary/aromatic N) is 1. The predicted octanol–water partition coefficient (Wildman–Crippen LogP) is 4.83. The third-order valence-electron chi connectivity index (χ3n) is 6.83. The van der Waals surface area contributed by atoms with Crippen molar-refractivity contribution in [2.75, 3.05) is 26.2 Å². The van der Waals surface area contributed by atoms with Gasteiger partial charge in [-0.25, -0.2) is 4.79 Å². The first-order valence-corrected chi connectivity index (χ1v) is 11.1. The van der Waals surface area contributed by atoms with Crippen LogP contribution in [0.15, 0.2) is 42.5 Å². The lowest BCUT2D eigenvalue weighted by molar-refractivity contribution is -0.0358. The quantitative estimate of drug-likeness (QED) is 0.764. The van der Waals surface area contributed by atoms with Gasteiger partial charge in [0, 0.05) is 23.6 Å². The van der Waals surface area contributed by atoms with Crippen molar-refractivity contribution >= 4 is 17.7 Å². The van der Waals surface area contributed by atoms with Crippen LogP contribution in [-0.4, -0.2) is 43.3 Å². The number of piperidine rings is 3. The Morgan fingerprint density at radius 2 is 2.00 bits per heavy atom. The summed E-state index contributed by atoms with van der Waals surface area (Å²) in [5, 5.41) is 3.85. The minimum atomic E-state index is -0.522. The lowest BCUT2D eigenvalue weighted by Crippen LogP contribution is -2.54. The highest BCUT2D eigenvalue weighted by Crippen LogP contribution is 2.40. The van der Waals surface area contributed by atoms with Gasteiger partial charge in [-0.05, 0) is 68.1 Å². The van der Waals surface area contributed by atoms with E-state index in [9.17, 15) is 4.79 Å². The summed E-state index contributed by atoms with van der Waals surface area (Å²) in [7, 11) is 0. The van der Waals surface area contributed by atoms with E-state index >= 15 is 0 Å². The molecule has 30 heavy (non-hydrogen) atoms. The Morgan fingerprint density at radius 3 is 2.73 bits per heavy atom. The Bertz CT molecular complexity index is 957. The zero-order valence-electron chi connectivity index (χ0n) is 17.2. The molecular formula is C24H27ClN2O3. The number of carbonyl (C=O) groups is 1. The molecule has 6 rings (SSSR count). The number of benzene rings is 2. The molecule has 1 amide bonds. The molecule has 5 nitrogen and oxygen atoms in total. The van der Waals surface area contributed by atoms with Gasteiger partial charge in [0.2, 0.25) is 0 Å². The van der Waals surface area contributed by atoms with Crippen molar-refractivity contribution in [3.8, 4) is 16.9 Å². The summed E-state index contributed by atoms with van der Waals surface area (Å²) in [6.07, 6.45) is 2.62. The van der Waals surface area contributed by atoms with Crippen molar-refractivity contribution in [1.82, 2.24) is 10.2 Å². The maximum absolute atomic E-state index is 12.8. The molecule has 1 N–H and O–H groups in total. The van der Waals surface area contributed by atoms with Gasteiger partial charge in [0.25, 0.3) is 0 Å². The van der Waals surface area contributed by atoms with E-state index in [1.165, 1.54) is 0 Å². The van der Waals surface area contributed by atoms with Crippen LogP contribution < -0.4 is 10.1 Å². The highest BCUT2D eigenvalue weighted by molar-refractivity contribution is 6.30. The van der Waals surface area contributed by atoms with E-state index in [-0.39, 0.29) is 12.2 Å². The Hall–Kier alpha value is -2.24. The van der Waals surface area contributed by atoms with Gasteiger partial charge in [-0.3, -0.25) is 4.90 Å². The van der Waals surface area contributed by atoms with Gasteiger partial charge in [-0.15, -0.1) is 0 Å². The van der Waals surface area contributed by atoms with Crippen LogP contribution in [-0.2, 0) is 10.3 Å². The molecule has 4 aliphatic heterocycles. The topological polar surface area (TPSA) is 50.8 Å². The first-order chi connectivity index (χ1) is 14.5. The van der Waals surface area contributed by atoms with Gasteiger partial charge in [0.05, 0.1) is 12.1 Å². The maximum atomic E-state index is 12.8. The van der Waals surface area contributed by atoms with E-state index in [0.29, 0.717) is 24.0 Å². The van der Waals surface area contributed by atoms with Crippen LogP contribution in [0, 0.1) is 5.92 Å². The lowest BCUT2D eigenvalue weighted by atomic mass is 9.85. The van der Waals surface area contributed by atoms with Crippen molar-refractivity contribution in [3.63, 3.8) is 0 Å². The van der Waals surface area contributed by atoms with Crippen LogP contribution in [0.25, 0.3) is 11.1 Å². The normalized spacial score (nSPS) is 29.6. The van der Waals surface area contributed by atoms with Gasteiger partial charge in [0.15, 0.2) is 0 Å². The van der Waals surface area contributed by atoms with Gasteiger partial charge >= 0.3 is 6.09 Å². The number of hydrogen-bond donors (Lipinski definition) is 1. The second-order valence-corrected chi connectivity index (χ2v) is 9.30. The van der Waals surface area contributed by atoms with E-state index in [4.69, 9.17) is 21.1 Å². The number of alkyl carbamates (subject to hydrolysis) is 1. The van der Waals surface area contributed by atoms with Crippen LogP contribution in [0.1, 0.15) is 31.7 Å². The summed E-state index contributed by atoms with van der Waals surface area (Å²) in [4.78, 5) is 15.2. The average Bonchev–Trinajstić information content (AvgIpc) is 2.74. The first kappa shape index (κ1) is 19.7. The molecule has 0 aliphatic carbocycles. The monoisotopic (exact) mass is 426 g/mol. The van der Waals surface area contributed by atoms with E-state index in [1.54, 1.807) is 0 Å². The number of fused-ring (bicyclic) bond motifs is 4. The number of rotatable bonds is 3. The molecule has 6 heteroatoms. The molecule has 3 saturated heterocycles. The fourth-order valence-electron chi connectivity index (χ4n) is 5.01. The summed E-state index contributed by atoms with van der Waals surface area (Å²) in [5.41, 5.74) is 2.53. The van der Waals surface area contributed by atoms with Crippen molar-refractivity contribution < 1.29 is 14.3 Å². The molecule has 0 radical (unpaired) electrons.